The van der Waals surface area contributed by atoms with Crippen molar-refractivity contribution in [1.29, 1.82) is 0 Å². The Balaban J connectivity index is 1.56. The van der Waals surface area contributed by atoms with Crippen LogP contribution in [0.5, 0.6) is 11.5 Å². The minimum Gasteiger partial charge on any atom is -0.454 e. The second-order valence-electron chi connectivity index (χ2n) is 7.37. The third kappa shape index (κ3) is 3.44. The van der Waals surface area contributed by atoms with Gasteiger partial charge in [0.1, 0.15) is 4.70 Å². The van der Waals surface area contributed by atoms with Gasteiger partial charge in [-0.3, -0.25) is 18.7 Å². The number of Topliss-reactive ketones (excluding diaryl/α,β-unsaturated/α-hetero) is 1. The molecule has 156 valence electrons. The second-order valence-corrected chi connectivity index (χ2v) is 8.29. The Labute approximate surface area is 180 Å². The summed E-state index contributed by atoms with van der Waals surface area (Å²) in [7, 11) is 0. The molecule has 1 aliphatic heterocycles. The van der Waals surface area contributed by atoms with Gasteiger partial charge in [0.05, 0.1) is 18.6 Å². The predicted molar refractivity (Wildman–Crippen MR) is 118 cm³/mol. The fraction of sp³-hybridized carbons (Fsp3) is 0.174. The predicted octanol–water partition coefficient (Wildman–Crippen LogP) is 3.19. The first-order valence-electron chi connectivity index (χ1n) is 9.70. The molecule has 2 aromatic heterocycles. The van der Waals surface area contributed by atoms with E-state index in [2.05, 4.69) is 0 Å². The number of hydrogen-bond acceptors (Lipinski definition) is 6. The van der Waals surface area contributed by atoms with Crippen molar-refractivity contribution in [3.05, 3.63) is 91.4 Å². The molecule has 0 aliphatic carbocycles. The summed E-state index contributed by atoms with van der Waals surface area (Å²) >= 11 is 1.26. The van der Waals surface area contributed by atoms with Gasteiger partial charge >= 0.3 is 5.69 Å². The van der Waals surface area contributed by atoms with Gasteiger partial charge in [-0.2, -0.15) is 0 Å². The van der Waals surface area contributed by atoms with E-state index in [9.17, 15) is 14.4 Å². The van der Waals surface area contributed by atoms with Gasteiger partial charge in [0.15, 0.2) is 17.3 Å². The zero-order valence-corrected chi connectivity index (χ0v) is 17.5. The first-order valence-corrected chi connectivity index (χ1v) is 10.6. The number of hydrogen-bond donors (Lipinski definition) is 0. The minimum absolute atomic E-state index is 0.117. The van der Waals surface area contributed by atoms with E-state index in [4.69, 9.17) is 9.47 Å². The van der Waals surface area contributed by atoms with E-state index in [-0.39, 0.29) is 31.2 Å². The molecule has 31 heavy (non-hydrogen) atoms. The zero-order valence-electron chi connectivity index (χ0n) is 16.7. The van der Waals surface area contributed by atoms with Gasteiger partial charge in [0.2, 0.25) is 6.79 Å². The van der Waals surface area contributed by atoms with Crippen LogP contribution in [-0.2, 0) is 13.1 Å². The molecular weight excluding hydrogens is 416 g/mol. The van der Waals surface area contributed by atoms with Gasteiger partial charge in [-0.1, -0.05) is 29.8 Å². The molecule has 0 spiro atoms. The van der Waals surface area contributed by atoms with E-state index >= 15 is 0 Å². The molecule has 0 amide bonds. The SMILES string of the molecule is Cc1ccc(Cn2c(=O)c3sccc3n(CC(=O)c3ccc4c(c3)OCO4)c2=O)cc1. The maximum absolute atomic E-state index is 13.3. The highest BCUT2D eigenvalue weighted by Gasteiger charge is 2.20. The van der Waals surface area contributed by atoms with Crippen LogP contribution in [0.15, 0.2) is 63.5 Å². The largest absolute Gasteiger partial charge is 0.454 e. The number of nitrogens with zero attached hydrogens (tertiary/aromatic N) is 2. The van der Waals surface area contributed by atoms with Crippen molar-refractivity contribution in [2.45, 2.75) is 20.0 Å². The topological polar surface area (TPSA) is 79.5 Å². The summed E-state index contributed by atoms with van der Waals surface area (Å²) in [5.74, 6) is 0.831. The average molecular weight is 434 g/mol. The number of aromatic nitrogens is 2. The summed E-state index contributed by atoms with van der Waals surface area (Å²) < 4.78 is 13.6. The highest BCUT2D eigenvalue weighted by molar-refractivity contribution is 7.17. The van der Waals surface area contributed by atoms with Gasteiger partial charge in [-0.25, -0.2) is 4.79 Å². The minimum atomic E-state index is -0.509. The molecule has 8 heteroatoms. The van der Waals surface area contributed by atoms with E-state index in [1.54, 1.807) is 29.6 Å². The average Bonchev–Trinajstić information content (AvgIpc) is 3.44. The second kappa shape index (κ2) is 7.55. The number of carbonyl (C=O) groups is 1. The maximum Gasteiger partial charge on any atom is 0.332 e. The summed E-state index contributed by atoms with van der Waals surface area (Å²) in [5.41, 5.74) is 1.96. The number of aryl methyl sites for hydroxylation is 1. The van der Waals surface area contributed by atoms with Crippen LogP contribution in [-0.4, -0.2) is 21.7 Å². The first-order chi connectivity index (χ1) is 15.0. The Morgan fingerprint density at radius 3 is 2.58 bits per heavy atom. The fourth-order valence-electron chi connectivity index (χ4n) is 3.61. The molecular formula is C23H18N2O5S. The van der Waals surface area contributed by atoms with Crippen molar-refractivity contribution in [1.82, 2.24) is 9.13 Å². The summed E-state index contributed by atoms with van der Waals surface area (Å²) in [5, 5.41) is 1.75. The molecule has 7 nitrogen and oxygen atoms in total. The molecule has 2 aromatic carbocycles. The lowest BCUT2D eigenvalue weighted by Gasteiger charge is -2.12. The summed E-state index contributed by atoms with van der Waals surface area (Å²) in [6.07, 6.45) is 0. The Morgan fingerprint density at radius 2 is 1.77 bits per heavy atom. The van der Waals surface area contributed by atoms with Crippen LogP contribution in [0.2, 0.25) is 0 Å². The molecule has 0 atom stereocenters. The maximum atomic E-state index is 13.3. The number of ether oxygens (including phenoxy) is 2. The molecule has 0 bridgehead atoms. The highest BCUT2D eigenvalue weighted by Crippen LogP contribution is 2.32. The van der Waals surface area contributed by atoms with Gasteiger partial charge in [0.25, 0.3) is 5.56 Å². The summed E-state index contributed by atoms with van der Waals surface area (Å²) in [6, 6.07) is 14.3. The van der Waals surface area contributed by atoms with E-state index in [0.717, 1.165) is 11.1 Å². The third-order valence-electron chi connectivity index (χ3n) is 5.29. The fourth-order valence-corrected chi connectivity index (χ4v) is 4.45. The Bertz CT molecular complexity index is 1430. The Kier molecular flexibility index (Phi) is 4.71. The van der Waals surface area contributed by atoms with Crippen LogP contribution in [0.4, 0.5) is 0 Å². The van der Waals surface area contributed by atoms with E-state index in [1.165, 1.54) is 20.5 Å². The van der Waals surface area contributed by atoms with Crippen LogP contribution in [0.3, 0.4) is 0 Å². The molecule has 0 N–H and O–H groups in total. The lowest BCUT2D eigenvalue weighted by atomic mass is 10.1. The van der Waals surface area contributed by atoms with Gasteiger partial charge in [-0.15, -0.1) is 11.3 Å². The lowest BCUT2D eigenvalue weighted by Crippen LogP contribution is -2.40. The van der Waals surface area contributed by atoms with Crippen LogP contribution in [0, 0.1) is 6.92 Å². The molecule has 4 aromatic rings. The third-order valence-corrected chi connectivity index (χ3v) is 6.19. The quantitative estimate of drug-likeness (QED) is 0.451. The van der Waals surface area contributed by atoms with Gasteiger partial charge < -0.3 is 9.47 Å². The van der Waals surface area contributed by atoms with Crippen molar-refractivity contribution in [3.63, 3.8) is 0 Å². The molecule has 3 heterocycles. The van der Waals surface area contributed by atoms with Crippen LogP contribution >= 0.6 is 11.3 Å². The number of ketones is 1. The van der Waals surface area contributed by atoms with E-state index in [1.807, 2.05) is 31.2 Å². The van der Waals surface area contributed by atoms with Crippen molar-refractivity contribution in [3.8, 4) is 11.5 Å². The molecule has 1 aliphatic rings. The van der Waals surface area contributed by atoms with E-state index in [0.29, 0.717) is 27.3 Å². The van der Waals surface area contributed by atoms with Crippen LogP contribution < -0.4 is 20.7 Å². The van der Waals surface area contributed by atoms with Crippen LogP contribution in [0.25, 0.3) is 10.2 Å². The molecule has 0 unspecified atom stereocenters. The molecule has 0 radical (unpaired) electrons. The number of carbonyl (C=O) groups excluding carboxylic acids is 1. The monoisotopic (exact) mass is 434 g/mol. The molecule has 0 saturated heterocycles. The number of thiophene rings is 1. The van der Waals surface area contributed by atoms with Gasteiger partial charge in [0, 0.05) is 5.56 Å². The van der Waals surface area contributed by atoms with Crippen LogP contribution in [0.1, 0.15) is 21.5 Å². The number of rotatable bonds is 5. The first kappa shape index (κ1) is 19.3. The summed E-state index contributed by atoms with van der Waals surface area (Å²) in [4.78, 5) is 39.2. The van der Waals surface area contributed by atoms with Gasteiger partial charge in [-0.05, 0) is 42.1 Å². The Hall–Kier alpha value is -3.65. The molecule has 5 rings (SSSR count). The standard InChI is InChI=1S/C23H18N2O5S/c1-14-2-4-15(5-3-14)11-25-22(27)21-17(8-9-31-21)24(23(25)28)12-18(26)16-6-7-19-20(10-16)30-13-29-19/h2-10H,11-13H2,1H3. The number of benzene rings is 2. The highest BCUT2D eigenvalue weighted by atomic mass is 32.1. The molecule has 0 fully saturated rings. The van der Waals surface area contributed by atoms with E-state index < -0.39 is 5.69 Å². The zero-order chi connectivity index (χ0) is 21.5. The molecule has 0 saturated carbocycles. The smallest absolute Gasteiger partial charge is 0.332 e. The number of fused-ring (bicyclic) bond motifs is 2. The lowest BCUT2D eigenvalue weighted by molar-refractivity contribution is 0.0971. The van der Waals surface area contributed by atoms with Crippen molar-refractivity contribution in [2.24, 2.45) is 0 Å². The van der Waals surface area contributed by atoms with Crippen molar-refractivity contribution in [2.75, 3.05) is 6.79 Å². The van der Waals surface area contributed by atoms with Crippen molar-refractivity contribution >= 4 is 27.3 Å². The van der Waals surface area contributed by atoms with Crippen molar-refractivity contribution < 1.29 is 14.3 Å². The normalized spacial score (nSPS) is 12.4. The Morgan fingerprint density at radius 1 is 1.00 bits per heavy atom. The summed E-state index contributed by atoms with van der Waals surface area (Å²) in [6.45, 7) is 2.05.